The number of aliphatic hydroxyl groups excluding tert-OH is 29. The van der Waals surface area contributed by atoms with Gasteiger partial charge in [0.2, 0.25) is 0 Å². The van der Waals surface area contributed by atoms with Crippen molar-refractivity contribution < 1.29 is 153 Å². The van der Waals surface area contributed by atoms with Crippen LogP contribution in [-0.4, -0.2) is 339 Å². The summed E-state index contributed by atoms with van der Waals surface area (Å²) >= 11 is 0. The van der Waals surface area contributed by atoms with Gasteiger partial charge in [-0.15, -0.1) is 0 Å². The Hall–Kier alpha value is -1.20. The molecule has 0 spiro atoms. The lowest BCUT2D eigenvalue weighted by atomic mass is 9.83. The minimum absolute atomic E-state index is 0. The molecule has 17 unspecified atom stereocenters. The van der Waals surface area contributed by atoms with Crippen LogP contribution >= 0.6 is 0 Å². The van der Waals surface area contributed by atoms with E-state index in [9.17, 15) is 25.5 Å². The van der Waals surface area contributed by atoms with Gasteiger partial charge in [0.1, 0.15) is 24.4 Å². The van der Waals surface area contributed by atoms with Crippen molar-refractivity contribution in [2.24, 2.45) is 28.1 Å². The number of hydrogen-bond acceptors (Lipinski definition) is 30. The van der Waals surface area contributed by atoms with Gasteiger partial charge in [0.15, 0.2) is 6.29 Å². The molecule has 30 heteroatoms. The summed E-state index contributed by atoms with van der Waals surface area (Å²) in [5.41, 5.74) is -1.13. The molecule has 141 heavy (non-hydrogen) atoms. The molecule has 1 saturated heterocycles. The Morgan fingerprint density at radius 3 is 0.773 bits per heavy atom. The normalized spacial score (nSPS) is 14.6. The lowest BCUT2D eigenvalue weighted by Gasteiger charge is -2.40. The Morgan fingerprint density at radius 2 is 0.553 bits per heavy atom. The van der Waals surface area contributed by atoms with Crippen LogP contribution in [0.5, 0.6) is 0 Å². The van der Waals surface area contributed by atoms with Crippen LogP contribution in [0, 0.1) is 28.1 Å². The second-order valence-corrected chi connectivity index (χ2v) is 30.1. The van der Waals surface area contributed by atoms with E-state index in [4.69, 9.17) is 127 Å². The van der Waals surface area contributed by atoms with Gasteiger partial charge in [-0.2, -0.15) is 0 Å². The number of rotatable bonds is 51. The highest BCUT2D eigenvalue weighted by Crippen LogP contribution is 2.29. The van der Waals surface area contributed by atoms with Gasteiger partial charge in [0.25, 0.3) is 0 Å². The van der Waals surface area contributed by atoms with Crippen molar-refractivity contribution in [2.75, 3.05) is 99.1 Å². The van der Waals surface area contributed by atoms with Crippen LogP contribution in [0.1, 0.15) is 524 Å². The van der Waals surface area contributed by atoms with E-state index < -0.39 is 104 Å². The minimum atomic E-state index is -1.14. The Kier molecular flexibility index (Phi) is 370. The van der Waals surface area contributed by atoms with Crippen LogP contribution in [0.3, 0.4) is 0 Å². The molecule has 0 aromatic rings. The molecule has 1 rings (SSSR count). The Labute approximate surface area is 891 Å². The van der Waals surface area contributed by atoms with Crippen LogP contribution in [0.15, 0.2) is 0 Å². The van der Waals surface area contributed by atoms with Crippen LogP contribution in [-0.2, 0) is 4.74 Å². The summed E-state index contributed by atoms with van der Waals surface area (Å²) in [4.78, 5) is 0. The molecule has 0 bridgehead atoms. The second kappa shape index (κ2) is 197. The van der Waals surface area contributed by atoms with Gasteiger partial charge >= 0.3 is 0 Å². The van der Waals surface area contributed by atoms with Crippen molar-refractivity contribution in [1.29, 1.82) is 0 Å². The predicted octanol–water partition coefficient (Wildman–Crippen LogP) is 21.9. The van der Waals surface area contributed by atoms with Gasteiger partial charge < -0.3 is 153 Å². The van der Waals surface area contributed by atoms with Crippen molar-refractivity contribution in [1.82, 2.24) is 0 Å². The number of ether oxygens (including phenoxy) is 1. The van der Waals surface area contributed by atoms with Crippen LogP contribution in [0.25, 0.3) is 0 Å². The summed E-state index contributed by atoms with van der Waals surface area (Å²) in [6.07, 6.45) is 16.2. The van der Waals surface area contributed by atoms with E-state index in [1.165, 1.54) is 6.42 Å². The fourth-order valence-electron chi connectivity index (χ4n) is 10.1. The topological polar surface area (TPSA) is 596 Å². The standard InChI is InChI=1S/C9H18O5.C8H18O4.C8H18O3.C8H18O2.2C7H16O3.2C7H16O2.C6H14O2.C6H14O.C5H12O2.C5H12O.28CH4/c1-2-3-5-7(11)8(12)6(4-10)14-9(5)13;1-2-3-6(10)4-7(11)8(12)5-9;1-2-3-4-7(10)5-8(11)6-9;1-3-5-8(4-2,6-9)7-10;1-2-3-7(4-8,5-9)6-10;1-2-3-4-6(9)7(10)5-8;1-3-4-7(2,5-8)6-9;1-2-3-7(6-9)4-5-8;1-2-3-4-6(8)5-7;1-3-4-5-6(2)7;1-2-3-5(7)4-6;1-3-4-5(2)6;;;;;;;;;;;;;;;;;;;;;;;;;;;;/h5-13H,2-4H2,1H3;6-12H,2-5H2,1H3;7-11H,2-6H2,1H3;9-10H,3-7H2,1-2H3;8-10H,2-6H2,1H3;6-10H,2-5H2,1H3;8-9H,3-6H2,1-2H3;7-9H,2-6H2,1H3;6-8H,2-5H2,1H3;6-7H,3-5H2,1-2H3;5-7H,2-4H2,1H3;5-6H,3-4H2,1-2H3;28*1H4. The van der Waals surface area contributed by atoms with Gasteiger partial charge in [0, 0.05) is 48.2 Å². The summed E-state index contributed by atoms with van der Waals surface area (Å²) in [6, 6.07) is 0. The van der Waals surface area contributed by atoms with E-state index >= 15 is 0 Å². The van der Waals surface area contributed by atoms with E-state index in [2.05, 4.69) is 41.5 Å². The van der Waals surface area contributed by atoms with Gasteiger partial charge in [0.05, 0.1) is 147 Å². The highest BCUT2D eigenvalue weighted by atomic mass is 16.6. The SMILES string of the molecule is C.C.C.C.C.C.C.C.C.C.C.C.C.C.C.C.C.C.C.C.C.C.C.C.C.C.C.C.CCCC(C)(CO)CO.CCCC(C)O.CCCC(CC)(CO)CO.CCCC(CO)(CO)CO.CCCC(CO)CCO.CCCC(O)CC(O)C(O)CO.CCCC(O)CO.CCCC1C(O)OC(CO)C(O)C1O.CCCCC(C)O.CCCCC(O)C(O)CO.CCCCC(O)CC(O)CO.CCCCC(O)CO. The Balaban J connectivity index is -0.0000000215. The monoisotopic (exact) mass is 2110 g/mol. The summed E-state index contributed by atoms with van der Waals surface area (Å²) in [6.45, 7) is 30.5. The number of hydrogen-bond donors (Lipinski definition) is 29. The van der Waals surface area contributed by atoms with Crippen LogP contribution in [0.4, 0.5) is 0 Å². The summed E-state index contributed by atoms with van der Waals surface area (Å²) in [7, 11) is 0. The lowest BCUT2D eigenvalue weighted by molar-refractivity contribution is -0.270. The Morgan fingerprint density at radius 1 is 0.255 bits per heavy atom. The minimum Gasteiger partial charge on any atom is -0.396 e. The maximum absolute atomic E-state index is 9.64. The fraction of sp³-hybridized carbons (Fsp3) is 1.00. The van der Waals surface area contributed by atoms with Crippen molar-refractivity contribution in [3.8, 4) is 0 Å². The summed E-state index contributed by atoms with van der Waals surface area (Å²) < 4.78 is 4.98. The lowest BCUT2D eigenvalue weighted by Crippen LogP contribution is -2.55. The average molecular weight is 2120 g/mol. The zero-order valence-corrected chi connectivity index (χ0v) is 73.9. The molecule has 924 valence electrons. The molecule has 1 aliphatic rings. The second-order valence-electron chi connectivity index (χ2n) is 30.1. The van der Waals surface area contributed by atoms with Gasteiger partial charge in [-0.05, 0) is 110 Å². The number of aliphatic hydroxyl groups is 29. The van der Waals surface area contributed by atoms with Crippen molar-refractivity contribution in [2.45, 2.75) is 616 Å². The van der Waals surface area contributed by atoms with E-state index in [1.54, 1.807) is 0 Å². The molecule has 0 aromatic carbocycles. The van der Waals surface area contributed by atoms with Crippen molar-refractivity contribution in [3.05, 3.63) is 0 Å². The third-order valence-electron chi connectivity index (χ3n) is 18.3. The fourth-order valence-corrected chi connectivity index (χ4v) is 10.1. The molecule has 0 radical (unpaired) electrons. The molecule has 17 atom stereocenters. The third-order valence-corrected chi connectivity index (χ3v) is 18.3. The molecule has 0 aliphatic carbocycles. The zero-order chi connectivity index (χ0) is 90.3. The Bertz CT molecular complexity index is 1650. The van der Waals surface area contributed by atoms with E-state index in [-0.39, 0.29) is 330 Å². The largest absolute Gasteiger partial charge is 0.396 e. The third kappa shape index (κ3) is 184. The molecule has 1 heterocycles. The van der Waals surface area contributed by atoms with Crippen molar-refractivity contribution >= 4 is 0 Å². The molecular weight excluding hydrogens is 1810 g/mol. The zero-order valence-electron chi connectivity index (χ0n) is 73.9. The first kappa shape index (κ1) is 265. The first-order valence-corrected chi connectivity index (χ1v) is 42.6. The predicted molar refractivity (Wildman–Crippen MR) is 637 cm³/mol. The van der Waals surface area contributed by atoms with Crippen molar-refractivity contribution in [3.63, 3.8) is 0 Å². The maximum Gasteiger partial charge on any atom is 0.160 e. The molecule has 30 nitrogen and oxygen atoms in total. The molecule has 29 N–H and O–H groups in total. The van der Waals surface area contributed by atoms with E-state index in [0.29, 0.717) is 44.4 Å². The first-order valence-electron chi connectivity index (χ1n) is 42.6. The van der Waals surface area contributed by atoms with E-state index in [0.717, 1.165) is 148 Å². The smallest absolute Gasteiger partial charge is 0.160 e. The van der Waals surface area contributed by atoms with Gasteiger partial charge in [-0.3, -0.25) is 0 Å². The molecule has 1 aliphatic heterocycles. The first-order chi connectivity index (χ1) is 53.3. The molecule has 0 aromatic heterocycles. The summed E-state index contributed by atoms with van der Waals surface area (Å²) in [5, 5.41) is 256. The summed E-state index contributed by atoms with van der Waals surface area (Å²) in [5.74, 6) is -0.155. The number of unbranched alkanes of at least 4 members (excludes halogenated alkanes) is 4. The van der Waals surface area contributed by atoms with E-state index in [1.807, 2.05) is 69.2 Å². The van der Waals surface area contributed by atoms with Crippen LogP contribution in [0.2, 0.25) is 0 Å². The molecule has 0 saturated carbocycles. The average Bonchev–Trinajstić information content (AvgIpc) is 0.818. The maximum atomic E-state index is 9.64. The van der Waals surface area contributed by atoms with Crippen LogP contribution < -0.4 is 0 Å². The van der Waals surface area contributed by atoms with Gasteiger partial charge in [-0.1, -0.05) is 408 Å². The molecular formula is C111H300O30. The highest BCUT2D eigenvalue weighted by Gasteiger charge is 2.43. The highest BCUT2D eigenvalue weighted by molar-refractivity contribution is 4.88. The van der Waals surface area contributed by atoms with Gasteiger partial charge in [-0.25, -0.2) is 0 Å². The molecule has 1 fully saturated rings. The quantitative estimate of drug-likeness (QED) is 0.0269. The molecule has 0 amide bonds.